The van der Waals surface area contributed by atoms with E-state index < -0.39 is 5.97 Å². The van der Waals surface area contributed by atoms with Crippen LogP contribution in [-0.4, -0.2) is 29.0 Å². The molecule has 0 fully saturated rings. The first-order valence-corrected chi connectivity index (χ1v) is 3.95. The van der Waals surface area contributed by atoms with Crippen LogP contribution in [0, 0.1) is 0 Å². The van der Waals surface area contributed by atoms with Gasteiger partial charge in [-0.05, 0) is 6.07 Å². The predicted molar refractivity (Wildman–Crippen MR) is 50.3 cm³/mol. The molecule has 1 rings (SSSR count). The molecule has 74 valence electrons. The van der Waals surface area contributed by atoms with Gasteiger partial charge in [-0.1, -0.05) is 0 Å². The molecular weight excluding hydrogens is 184 g/mol. The van der Waals surface area contributed by atoms with Crippen LogP contribution in [0.3, 0.4) is 0 Å². The second kappa shape index (κ2) is 3.87. The molecule has 0 aliphatic rings. The molecule has 0 saturated carbocycles. The van der Waals surface area contributed by atoms with Gasteiger partial charge in [0, 0.05) is 20.2 Å². The van der Waals surface area contributed by atoms with Crippen molar-refractivity contribution in [2.24, 2.45) is 0 Å². The number of amides is 1. The Labute approximate surface area is 81.0 Å². The molecule has 5 nitrogen and oxygen atoms in total. The van der Waals surface area contributed by atoms with Gasteiger partial charge in [-0.3, -0.25) is 9.78 Å². The minimum atomic E-state index is -1.07. The zero-order chi connectivity index (χ0) is 10.7. The van der Waals surface area contributed by atoms with E-state index in [1.54, 1.807) is 0 Å². The molecule has 0 unspecified atom stereocenters. The third-order valence-corrected chi connectivity index (χ3v) is 1.86. The largest absolute Gasteiger partial charge is 0.478 e. The Morgan fingerprint density at radius 1 is 1.50 bits per heavy atom. The van der Waals surface area contributed by atoms with Gasteiger partial charge in [0.2, 0.25) is 5.91 Å². The Kier molecular flexibility index (Phi) is 2.81. The van der Waals surface area contributed by atoms with E-state index in [1.807, 2.05) is 0 Å². The smallest absolute Gasteiger partial charge is 0.337 e. The predicted octanol–water partition coefficient (Wildman–Crippen LogP) is 0.763. The number of pyridine rings is 1. The maximum Gasteiger partial charge on any atom is 0.337 e. The minimum Gasteiger partial charge on any atom is -0.478 e. The van der Waals surface area contributed by atoms with E-state index in [9.17, 15) is 9.59 Å². The Morgan fingerprint density at radius 2 is 2.14 bits per heavy atom. The zero-order valence-electron chi connectivity index (χ0n) is 7.89. The number of carbonyl (C=O) groups excluding carboxylic acids is 1. The normalized spacial score (nSPS) is 9.57. The van der Waals surface area contributed by atoms with E-state index in [-0.39, 0.29) is 11.5 Å². The van der Waals surface area contributed by atoms with Gasteiger partial charge in [0.1, 0.15) is 0 Å². The quantitative estimate of drug-likeness (QED) is 0.754. The molecule has 0 aromatic carbocycles. The van der Waals surface area contributed by atoms with E-state index in [2.05, 4.69) is 4.98 Å². The van der Waals surface area contributed by atoms with E-state index in [1.165, 1.54) is 37.3 Å². The first kappa shape index (κ1) is 10.2. The van der Waals surface area contributed by atoms with Gasteiger partial charge in [0.15, 0.2) is 0 Å². The maximum atomic E-state index is 11.0. The summed E-state index contributed by atoms with van der Waals surface area (Å²) in [7, 11) is 1.51. The molecule has 0 saturated heterocycles. The topological polar surface area (TPSA) is 70.5 Å². The highest BCUT2D eigenvalue weighted by atomic mass is 16.4. The monoisotopic (exact) mass is 194 g/mol. The number of hydrogen-bond acceptors (Lipinski definition) is 3. The summed E-state index contributed by atoms with van der Waals surface area (Å²) in [5, 5.41) is 8.83. The lowest BCUT2D eigenvalue weighted by atomic mass is 10.2. The molecule has 1 amide bonds. The van der Waals surface area contributed by atoms with Gasteiger partial charge >= 0.3 is 5.97 Å². The third kappa shape index (κ3) is 1.87. The molecule has 0 spiro atoms. The zero-order valence-corrected chi connectivity index (χ0v) is 7.89. The number of rotatable bonds is 2. The first-order valence-electron chi connectivity index (χ1n) is 3.95. The van der Waals surface area contributed by atoms with Crippen LogP contribution in [0.2, 0.25) is 0 Å². The molecule has 1 aromatic rings. The molecule has 1 aromatic heterocycles. The van der Waals surface area contributed by atoms with Gasteiger partial charge in [0.25, 0.3) is 0 Å². The molecule has 1 N–H and O–H groups in total. The summed E-state index contributed by atoms with van der Waals surface area (Å²) in [5.41, 5.74) is 0.366. The number of aromatic nitrogens is 1. The number of anilines is 1. The fraction of sp³-hybridized carbons (Fsp3) is 0.222. The lowest BCUT2D eigenvalue weighted by molar-refractivity contribution is -0.116. The maximum absolute atomic E-state index is 11.0. The Balaban J connectivity index is 3.19. The van der Waals surface area contributed by atoms with E-state index in [4.69, 9.17) is 5.11 Å². The van der Waals surface area contributed by atoms with Gasteiger partial charge in [-0.15, -0.1) is 0 Å². The van der Waals surface area contributed by atoms with Crippen LogP contribution in [0.5, 0.6) is 0 Å². The first-order chi connectivity index (χ1) is 6.54. The van der Waals surface area contributed by atoms with Crippen molar-refractivity contribution >= 4 is 17.6 Å². The molecule has 0 bridgehead atoms. The van der Waals surface area contributed by atoms with Crippen molar-refractivity contribution in [3.8, 4) is 0 Å². The molecule has 0 atom stereocenters. The number of aromatic carboxylic acids is 1. The Hall–Kier alpha value is -1.91. The second-order valence-corrected chi connectivity index (χ2v) is 2.78. The van der Waals surface area contributed by atoms with Gasteiger partial charge < -0.3 is 10.0 Å². The summed E-state index contributed by atoms with van der Waals surface area (Å²) in [6.45, 7) is 1.36. The van der Waals surface area contributed by atoms with Gasteiger partial charge in [-0.2, -0.15) is 0 Å². The Bertz CT molecular complexity index is 376. The van der Waals surface area contributed by atoms with E-state index >= 15 is 0 Å². The van der Waals surface area contributed by atoms with Crippen molar-refractivity contribution in [2.75, 3.05) is 11.9 Å². The average Bonchev–Trinajstić information content (AvgIpc) is 2.16. The summed E-state index contributed by atoms with van der Waals surface area (Å²) in [6, 6.07) is 1.36. The summed E-state index contributed by atoms with van der Waals surface area (Å²) in [6.07, 6.45) is 2.73. The summed E-state index contributed by atoms with van der Waals surface area (Å²) >= 11 is 0. The highest BCUT2D eigenvalue weighted by molar-refractivity contribution is 6.00. The minimum absolute atomic E-state index is 0.0673. The molecule has 0 aliphatic carbocycles. The number of carbonyl (C=O) groups is 2. The molecule has 1 heterocycles. The fourth-order valence-electron chi connectivity index (χ4n) is 1.00. The molecule has 5 heteroatoms. The van der Waals surface area contributed by atoms with Crippen LogP contribution in [0.4, 0.5) is 5.69 Å². The number of hydrogen-bond donors (Lipinski definition) is 1. The lowest BCUT2D eigenvalue weighted by Gasteiger charge is -2.16. The van der Waals surface area contributed by atoms with Crippen LogP contribution < -0.4 is 4.90 Å². The van der Waals surface area contributed by atoms with Gasteiger partial charge in [0.05, 0.1) is 17.4 Å². The highest BCUT2D eigenvalue weighted by Gasteiger charge is 2.15. The summed E-state index contributed by atoms with van der Waals surface area (Å²) in [4.78, 5) is 26.8. The molecular formula is C9H10N2O3. The second-order valence-electron chi connectivity index (χ2n) is 2.78. The van der Waals surface area contributed by atoms with E-state index in [0.717, 1.165) is 0 Å². The molecule has 0 aliphatic heterocycles. The van der Waals surface area contributed by atoms with Crippen LogP contribution >= 0.6 is 0 Å². The van der Waals surface area contributed by atoms with Crippen LogP contribution in [-0.2, 0) is 4.79 Å². The van der Waals surface area contributed by atoms with Crippen molar-refractivity contribution in [3.63, 3.8) is 0 Å². The summed E-state index contributed by atoms with van der Waals surface area (Å²) < 4.78 is 0. The number of nitrogens with zero attached hydrogens (tertiary/aromatic N) is 2. The van der Waals surface area contributed by atoms with Crippen LogP contribution in [0.15, 0.2) is 18.5 Å². The number of carboxylic acids is 1. The van der Waals surface area contributed by atoms with Crippen molar-refractivity contribution in [2.45, 2.75) is 6.92 Å². The lowest BCUT2D eigenvalue weighted by Crippen LogP contribution is -2.25. The van der Waals surface area contributed by atoms with Crippen molar-refractivity contribution in [1.82, 2.24) is 4.98 Å². The Morgan fingerprint density at radius 3 is 2.64 bits per heavy atom. The van der Waals surface area contributed by atoms with Crippen LogP contribution in [0.1, 0.15) is 17.3 Å². The van der Waals surface area contributed by atoms with Crippen molar-refractivity contribution < 1.29 is 14.7 Å². The van der Waals surface area contributed by atoms with Crippen LogP contribution in [0.25, 0.3) is 0 Å². The summed E-state index contributed by atoms with van der Waals surface area (Å²) in [5.74, 6) is -1.31. The average molecular weight is 194 g/mol. The highest BCUT2D eigenvalue weighted by Crippen LogP contribution is 2.17. The SMILES string of the molecule is CC(=O)N(C)c1cnccc1C(=O)O. The fourth-order valence-corrected chi connectivity index (χ4v) is 1.00. The molecule has 14 heavy (non-hydrogen) atoms. The number of carboxylic acid groups (broad SMARTS) is 1. The third-order valence-electron chi connectivity index (χ3n) is 1.86. The standard InChI is InChI=1S/C9H10N2O3/c1-6(12)11(2)8-5-10-4-3-7(8)9(13)14/h3-5H,1-2H3,(H,13,14). The van der Waals surface area contributed by atoms with Crippen molar-refractivity contribution in [3.05, 3.63) is 24.0 Å². The van der Waals surface area contributed by atoms with Gasteiger partial charge in [-0.25, -0.2) is 4.79 Å². The van der Waals surface area contributed by atoms with E-state index in [0.29, 0.717) is 5.69 Å². The molecule has 0 radical (unpaired) electrons. The van der Waals surface area contributed by atoms with Crippen molar-refractivity contribution in [1.29, 1.82) is 0 Å².